The van der Waals surface area contributed by atoms with E-state index in [1.54, 1.807) is 0 Å². The lowest BCUT2D eigenvalue weighted by molar-refractivity contribution is 0.597. The molecule has 6 heteroatoms. The van der Waals surface area contributed by atoms with Gasteiger partial charge in [-0.15, -0.1) is 0 Å². The average Bonchev–Trinajstić information content (AvgIpc) is 1.86. The molecule has 1 aromatic rings. The van der Waals surface area contributed by atoms with Gasteiger partial charge in [0.25, 0.3) is 0 Å². The quantitative estimate of drug-likeness (QED) is 0.573. The predicted octanol–water partition coefficient (Wildman–Crippen LogP) is -0.978. The second-order valence-corrected chi connectivity index (χ2v) is 3.50. The average molecular weight is 174 g/mol. The zero-order valence-corrected chi connectivity index (χ0v) is 6.26. The smallest absolute Gasteiger partial charge is 0.249 e. The van der Waals surface area contributed by atoms with E-state index in [0.717, 1.165) is 6.07 Å². The van der Waals surface area contributed by atoms with Crippen LogP contribution in [-0.4, -0.2) is 13.4 Å². The first-order valence-corrected chi connectivity index (χ1v) is 4.26. The molecule has 0 aliphatic rings. The van der Waals surface area contributed by atoms with E-state index in [4.69, 9.17) is 5.14 Å². The van der Waals surface area contributed by atoms with Crippen molar-refractivity contribution in [3.63, 3.8) is 0 Å². The number of aromatic nitrogens is 1. The second-order valence-electron chi connectivity index (χ2n) is 1.93. The Morgan fingerprint density at radius 1 is 1.45 bits per heavy atom. The van der Waals surface area contributed by atoms with Crippen molar-refractivity contribution in [1.29, 1.82) is 0 Å². The molecule has 11 heavy (non-hydrogen) atoms. The standard InChI is InChI=1S/C5H6N2O3S/c6-11(9,10)4-1-2-7-5(8)3-4/h1-3H,(H,7,8)(H2,6,9,10). The van der Waals surface area contributed by atoms with Crippen molar-refractivity contribution in [2.75, 3.05) is 0 Å². The minimum Gasteiger partial charge on any atom is -0.329 e. The van der Waals surface area contributed by atoms with Crippen LogP contribution in [0, 0.1) is 0 Å². The summed E-state index contributed by atoms with van der Waals surface area (Å²) in [7, 11) is -3.75. The summed E-state index contributed by atoms with van der Waals surface area (Å²) < 4.78 is 21.2. The number of H-pyrrole nitrogens is 1. The van der Waals surface area contributed by atoms with Gasteiger partial charge in [-0.1, -0.05) is 0 Å². The number of rotatable bonds is 1. The molecular weight excluding hydrogens is 168 g/mol. The van der Waals surface area contributed by atoms with E-state index in [2.05, 4.69) is 4.98 Å². The van der Waals surface area contributed by atoms with Crippen molar-refractivity contribution in [2.24, 2.45) is 5.14 Å². The summed E-state index contributed by atoms with van der Waals surface area (Å²) in [5.74, 6) is 0. The van der Waals surface area contributed by atoms with Crippen molar-refractivity contribution in [3.05, 3.63) is 28.7 Å². The van der Waals surface area contributed by atoms with Crippen LogP contribution in [0.15, 0.2) is 28.0 Å². The molecule has 0 unspecified atom stereocenters. The van der Waals surface area contributed by atoms with E-state index in [-0.39, 0.29) is 4.90 Å². The summed E-state index contributed by atoms with van der Waals surface area (Å²) in [5.41, 5.74) is -0.489. The third-order valence-electron chi connectivity index (χ3n) is 1.08. The Bertz CT molecular complexity index is 406. The maximum absolute atomic E-state index is 10.6. The molecule has 0 amide bonds. The topological polar surface area (TPSA) is 93.0 Å². The van der Waals surface area contributed by atoms with E-state index in [1.807, 2.05) is 0 Å². The molecule has 3 N–H and O–H groups in total. The minimum absolute atomic E-state index is 0.179. The molecule has 0 aliphatic heterocycles. The van der Waals surface area contributed by atoms with Crippen LogP contribution in [0.3, 0.4) is 0 Å². The van der Waals surface area contributed by atoms with Crippen LogP contribution in [0.4, 0.5) is 0 Å². The number of hydrogen-bond acceptors (Lipinski definition) is 3. The maximum atomic E-state index is 10.6. The Morgan fingerprint density at radius 3 is 2.45 bits per heavy atom. The Morgan fingerprint density at radius 2 is 2.09 bits per heavy atom. The van der Waals surface area contributed by atoms with Crippen molar-refractivity contribution in [2.45, 2.75) is 4.90 Å². The summed E-state index contributed by atoms with van der Waals surface area (Å²) in [6.07, 6.45) is 1.22. The van der Waals surface area contributed by atoms with Gasteiger partial charge in [-0.25, -0.2) is 13.6 Å². The van der Waals surface area contributed by atoms with Gasteiger partial charge in [0, 0.05) is 12.3 Å². The van der Waals surface area contributed by atoms with Gasteiger partial charge in [0.1, 0.15) is 0 Å². The number of nitrogens with one attached hydrogen (secondary N) is 1. The lowest BCUT2D eigenvalue weighted by Gasteiger charge is -1.93. The molecule has 0 bridgehead atoms. The fourth-order valence-corrected chi connectivity index (χ4v) is 1.13. The summed E-state index contributed by atoms with van der Waals surface area (Å²) in [6, 6.07) is 2.14. The molecule has 60 valence electrons. The van der Waals surface area contributed by atoms with Crippen molar-refractivity contribution < 1.29 is 8.42 Å². The summed E-state index contributed by atoms with van der Waals surface area (Å²) in [4.78, 5) is 12.7. The molecule has 0 fully saturated rings. The molecule has 5 nitrogen and oxygen atoms in total. The van der Waals surface area contributed by atoms with E-state index < -0.39 is 15.6 Å². The largest absolute Gasteiger partial charge is 0.329 e. The highest BCUT2D eigenvalue weighted by Crippen LogP contribution is 1.98. The lowest BCUT2D eigenvalue weighted by Crippen LogP contribution is -2.15. The lowest BCUT2D eigenvalue weighted by atomic mass is 10.5. The zero-order valence-electron chi connectivity index (χ0n) is 5.44. The van der Waals surface area contributed by atoms with Crippen LogP contribution in [0.2, 0.25) is 0 Å². The van der Waals surface area contributed by atoms with Crippen molar-refractivity contribution >= 4 is 10.0 Å². The number of nitrogens with two attached hydrogens (primary N) is 1. The molecule has 1 heterocycles. The number of pyridine rings is 1. The summed E-state index contributed by atoms with van der Waals surface area (Å²) >= 11 is 0. The highest BCUT2D eigenvalue weighted by Gasteiger charge is 2.06. The van der Waals surface area contributed by atoms with E-state index in [1.165, 1.54) is 12.3 Å². The first-order valence-electron chi connectivity index (χ1n) is 2.72. The molecular formula is C5H6N2O3S. The maximum Gasteiger partial charge on any atom is 0.249 e. The van der Waals surface area contributed by atoms with Gasteiger partial charge in [-0.3, -0.25) is 4.79 Å². The molecule has 0 aromatic carbocycles. The second kappa shape index (κ2) is 2.48. The first kappa shape index (κ1) is 7.96. The number of aromatic amines is 1. The minimum atomic E-state index is -3.75. The molecule has 1 aromatic heterocycles. The highest BCUT2D eigenvalue weighted by molar-refractivity contribution is 7.89. The summed E-state index contributed by atoms with van der Waals surface area (Å²) in [6.45, 7) is 0. The Labute approximate surface area is 62.9 Å². The first-order chi connectivity index (χ1) is 5.00. The van der Waals surface area contributed by atoms with Gasteiger partial charge in [-0.2, -0.15) is 0 Å². The summed E-state index contributed by atoms with van der Waals surface area (Å²) in [5, 5.41) is 4.75. The number of hydrogen-bond donors (Lipinski definition) is 2. The van der Waals surface area contributed by atoms with Gasteiger partial charge >= 0.3 is 0 Å². The number of primary sulfonamides is 1. The van der Waals surface area contributed by atoms with Crippen molar-refractivity contribution in [1.82, 2.24) is 4.98 Å². The van der Waals surface area contributed by atoms with Gasteiger partial charge < -0.3 is 4.98 Å². The third kappa shape index (κ3) is 1.89. The fourth-order valence-electron chi connectivity index (χ4n) is 0.602. The molecule has 0 aliphatic carbocycles. The van der Waals surface area contributed by atoms with Gasteiger partial charge in [0.2, 0.25) is 15.6 Å². The Kier molecular flexibility index (Phi) is 1.79. The van der Waals surface area contributed by atoms with Gasteiger partial charge in [-0.05, 0) is 6.07 Å². The van der Waals surface area contributed by atoms with Crippen LogP contribution in [0.5, 0.6) is 0 Å². The van der Waals surface area contributed by atoms with Crippen LogP contribution < -0.4 is 10.7 Å². The van der Waals surface area contributed by atoms with E-state index in [9.17, 15) is 13.2 Å². The van der Waals surface area contributed by atoms with E-state index >= 15 is 0 Å². The Hall–Kier alpha value is -1.14. The highest BCUT2D eigenvalue weighted by atomic mass is 32.2. The van der Waals surface area contributed by atoms with Crippen LogP contribution >= 0.6 is 0 Å². The van der Waals surface area contributed by atoms with Gasteiger partial charge in [0.05, 0.1) is 4.90 Å². The van der Waals surface area contributed by atoms with Crippen LogP contribution in [0.25, 0.3) is 0 Å². The Balaban J connectivity index is 3.40. The van der Waals surface area contributed by atoms with Crippen LogP contribution in [0.1, 0.15) is 0 Å². The monoisotopic (exact) mass is 174 g/mol. The van der Waals surface area contributed by atoms with E-state index in [0.29, 0.717) is 0 Å². The SMILES string of the molecule is NS(=O)(=O)c1cc[nH]c(=O)c1. The third-order valence-corrected chi connectivity index (χ3v) is 1.99. The van der Waals surface area contributed by atoms with Gasteiger partial charge in [0.15, 0.2) is 0 Å². The molecule has 1 rings (SSSR count). The van der Waals surface area contributed by atoms with Crippen molar-refractivity contribution in [3.8, 4) is 0 Å². The molecule has 0 atom stereocenters. The molecule has 0 radical (unpaired) electrons. The van der Waals surface area contributed by atoms with Crippen LogP contribution in [-0.2, 0) is 10.0 Å². The zero-order chi connectivity index (χ0) is 8.48. The molecule has 0 saturated heterocycles. The number of sulfonamides is 1. The predicted molar refractivity (Wildman–Crippen MR) is 38.4 cm³/mol. The fraction of sp³-hybridized carbons (Fsp3) is 0. The molecule has 0 spiro atoms. The normalized spacial score (nSPS) is 11.4. The molecule has 0 saturated carbocycles.